The van der Waals surface area contributed by atoms with Crippen molar-refractivity contribution in [2.75, 3.05) is 6.61 Å². The van der Waals surface area contributed by atoms with Crippen LogP contribution in [0.3, 0.4) is 0 Å². The summed E-state index contributed by atoms with van der Waals surface area (Å²) in [5, 5.41) is 0. The molecule has 1 saturated carbocycles. The standard InChI is InChI=1S/C15H13F15O/c1-2-7-3-4-8(5-7)31-6-9(16,17)10(18,19)11(20,21)12(22,23)13(24,25)14(26,27)15(28,29)30/h4,7-8H,1-3,5-6H2. The Kier molecular flexibility index (Phi) is 7.25. The molecule has 0 bridgehead atoms. The van der Waals surface area contributed by atoms with Crippen molar-refractivity contribution in [3.8, 4) is 0 Å². The Labute approximate surface area is 164 Å². The molecule has 0 aromatic rings. The van der Waals surface area contributed by atoms with Gasteiger partial charge in [-0.05, 0) is 25.2 Å². The van der Waals surface area contributed by atoms with Gasteiger partial charge in [0.05, 0.1) is 6.10 Å². The molecular weight excluding hydrogens is 481 g/mol. The molecule has 0 aromatic carbocycles. The molecule has 0 spiro atoms. The first-order valence-corrected chi connectivity index (χ1v) is 8.09. The van der Waals surface area contributed by atoms with Crippen molar-refractivity contribution in [2.45, 2.75) is 67.1 Å². The van der Waals surface area contributed by atoms with Gasteiger partial charge in [-0.3, -0.25) is 0 Å². The fourth-order valence-corrected chi connectivity index (χ4v) is 2.54. The van der Waals surface area contributed by atoms with Crippen LogP contribution >= 0.6 is 0 Å². The summed E-state index contributed by atoms with van der Waals surface area (Å²) in [5.41, 5.74) is 0. The summed E-state index contributed by atoms with van der Waals surface area (Å²) in [4.78, 5) is 0. The van der Waals surface area contributed by atoms with E-state index in [1.54, 1.807) is 0 Å². The van der Waals surface area contributed by atoms with Crippen LogP contribution in [0.25, 0.3) is 0 Å². The van der Waals surface area contributed by atoms with Crippen LogP contribution in [0.15, 0.2) is 0 Å². The van der Waals surface area contributed by atoms with Gasteiger partial charge in [0.25, 0.3) is 0 Å². The molecule has 0 aliphatic heterocycles. The highest BCUT2D eigenvalue weighted by atomic mass is 19.4. The second kappa shape index (κ2) is 8.04. The van der Waals surface area contributed by atoms with Crippen molar-refractivity contribution in [1.82, 2.24) is 0 Å². The number of ether oxygens (including phenoxy) is 1. The number of halogens is 15. The summed E-state index contributed by atoms with van der Waals surface area (Å²) in [6.45, 7) is 0.679. The lowest BCUT2D eigenvalue weighted by Gasteiger charge is -2.41. The maximum atomic E-state index is 13.6. The molecule has 0 amide bonds. The van der Waals surface area contributed by atoms with E-state index in [1.165, 1.54) is 0 Å². The van der Waals surface area contributed by atoms with Crippen LogP contribution in [0, 0.1) is 19.3 Å². The number of hydrogen-bond donors (Lipinski definition) is 0. The van der Waals surface area contributed by atoms with Crippen LogP contribution in [0.1, 0.15) is 19.3 Å². The number of hydrogen-bond acceptors (Lipinski definition) is 1. The van der Waals surface area contributed by atoms with E-state index in [0.717, 1.165) is 6.42 Å². The van der Waals surface area contributed by atoms with Crippen LogP contribution in [0.4, 0.5) is 65.9 Å². The fourth-order valence-electron chi connectivity index (χ4n) is 2.54. The molecule has 0 heterocycles. The van der Waals surface area contributed by atoms with E-state index in [9.17, 15) is 65.9 Å². The van der Waals surface area contributed by atoms with Gasteiger partial charge in [-0.2, -0.15) is 65.9 Å². The minimum absolute atomic E-state index is 0.117. The predicted molar refractivity (Wildman–Crippen MR) is 72.5 cm³/mol. The normalized spacial score (nSPS) is 22.8. The van der Waals surface area contributed by atoms with E-state index in [2.05, 4.69) is 11.7 Å². The van der Waals surface area contributed by atoms with E-state index in [0.29, 0.717) is 0 Å². The van der Waals surface area contributed by atoms with Gasteiger partial charge in [0.15, 0.2) is 0 Å². The predicted octanol–water partition coefficient (Wildman–Crippen LogP) is 6.58. The van der Waals surface area contributed by atoms with Crippen LogP contribution < -0.4 is 0 Å². The molecule has 1 fully saturated rings. The Morgan fingerprint density at radius 2 is 1.10 bits per heavy atom. The summed E-state index contributed by atoms with van der Waals surface area (Å²) in [7, 11) is 0. The molecule has 0 N–H and O–H groups in total. The highest BCUT2D eigenvalue weighted by molar-refractivity contribution is 5.13. The molecule has 1 aliphatic rings. The lowest BCUT2D eigenvalue weighted by Crippen LogP contribution is -2.73. The third-order valence-corrected chi connectivity index (χ3v) is 4.58. The largest absolute Gasteiger partial charge is 0.460 e. The van der Waals surface area contributed by atoms with Gasteiger partial charge in [0, 0.05) is 0 Å². The third-order valence-electron chi connectivity index (χ3n) is 4.58. The topological polar surface area (TPSA) is 9.23 Å². The monoisotopic (exact) mass is 494 g/mol. The molecule has 31 heavy (non-hydrogen) atoms. The first-order chi connectivity index (χ1) is 13.5. The molecule has 1 aliphatic carbocycles. The van der Waals surface area contributed by atoms with E-state index < -0.39 is 54.4 Å². The van der Waals surface area contributed by atoms with Crippen LogP contribution in [0.2, 0.25) is 0 Å². The average Bonchev–Trinajstić information content (AvgIpc) is 3.06. The van der Waals surface area contributed by atoms with Crippen molar-refractivity contribution >= 4 is 0 Å². The molecule has 0 saturated heterocycles. The van der Waals surface area contributed by atoms with Crippen molar-refractivity contribution in [3.05, 3.63) is 13.3 Å². The summed E-state index contributed by atoms with van der Waals surface area (Å²) in [5.74, 6) is -46.7. The summed E-state index contributed by atoms with van der Waals surface area (Å²) >= 11 is 0. The van der Waals surface area contributed by atoms with Gasteiger partial charge in [0.1, 0.15) is 6.61 Å². The third kappa shape index (κ3) is 4.28. The van der Waals surface area contributed by atoms with Gasteiger partial charge in [-0.15, -0.1) is 0 Å². The van der Waals surface area contributed by atoms with Gasteiger partial charge in [-0.25, -0.2) is 0 Å². The van der Waals surface area contributed by atoms with Crippen molar-refractivity contribution < 1.29 is 70.6 Å². The SMILES string of the molecule is [CH2]CC1C[CH]C(OCC(F)(F)C(F)(F)C(F)(F)C(F)(F)C(F)(F)C(F)(F)C(F)(F)F)C1. The zero-order valence-electron chi connectivity index (χ0n) is 14.8. The quantitative estimate of drug-likeness (QED) is 0.329. The fraction of sp³-hybridized carbons (Fsp3) is 0.867. The number of alkyl halides is 15. The molecule has 2 unspecified atom stereocenters. The zero-order valence-corrected chi connectivity index (χ0v) is 14.8. The van der Waals surface area contributed by atoms with Crippen LogP contribution in [-0.2, 0) is 4.74 Å². The Bertz CT molecular complexity index is 624. The molecule has 16 heteroatoms. The van der Waals surface area contributed by atoms with Crippen molar-refractivity contribution in [3.63, 3.8) is 0 Å². The van der Waals surface area contributed by atoms with Crippen LogP contribution in [-0.4, -0.2) is 54.4 Å². The Morgan fingerprint density at radius 1 is 0.677 bits per heavy atom. The zero-order chi connectivity index (χ0) is 24.9. The van der Waals surface area contributed by atoms with E-state index in [1.807, 2.05) is 0 Å². The summed E-state index contributed by atoms with van der Waals surface area (Å²) in [6, 6.07) is 0. The minimum Gasteiger partial charge on any atom is -0.371 e. The maximum absolute atomic E-state index is 13.6. The second-order valence-corrected chi connectivity index (χ2v) is 6.79. The van der Waals surface area contributed by atoms with Gasteiger partial charge in [-0.1, -0.05) is 13.3 Å². The highest BCUT2D eigenvalue weighted by Crippen LogP contribution is 2.62. The second-order valence-electron chi connectivity index (χ2n) is 6.79. The number of rotatable bonds is 9. The molecule has 1 rings (SSSR count). The van der Waals surface area contributed by atoms with Crippen LogP contribution in [0.5, 0.6) is 0 Å². The van der Waals surface area contributed by atoms with E-state index in [-0.39, 0.29) is 25.2 Å². The highest BCUT2D eigenvalue weighted by Gasteiger charge is 2.93. The van der Waals surface area contributed by atoms with Crippen molar-refractivity contribution in [1.29, 1.82) is 0 Å². The van der Waals surface area contributed by atoms with E-state index in [4.69, 9.17) is 0 Å². The van der Waals surface area contributed by atoms with Gasteiger partial charge >= 0.3 is 41.7 Å². The molecular formula is C15H13F15O. The Morgan fingerprint density at radius 3 is 1.48 bits per heavy atom. The van der Waals surface area contributed by atoms with Gasteiger partial charge in [0.2, 0.25) is 0 Å². The molecule has 0 aromatic heterocycles. The Balaban J connectivity index is 3.22. The molecule has 2 radical (unpaired) electrons. The average molecular weight is 494 g/mol. The molecule has 184 valence electrons. The maximum Gasteiger partial charge on any atom is 0.460 e. The first kappa shape index (κ1) is 27.9. The van der Waals surface area contributed by atoms with Gasteiger partial charge < -0.3 is 4.74 Å². The molecule has 1 nitrogen and oxygen atoms in total. The smallest absolute Gasteiger partial charge is 0.371 e. The first-order valence-electron chi connectivity index (χ1n) is 8.09. The minimum atomic E-state index is -8.27. The summed E-state index contributed by atoms with van der Waals surface area (Å²) < 4.78 is 200. The lowest BCUT2D eigenvalue weighted by atomic mass is 9.91. The molecule has 2 atom stereocenters. The van der Waals surface area contributed by atoms with Crippen molar-refractivity contribution in [2.24, 2.45) is 5.92 Å². The summed E-state index contributed by atoms with van der Waals surface area (Å²) in [6.07, 6.45) is -7.58. The van der Waals surface area contributed by atoms with E-state index >= 15 is 0 Å². The lowest BCUT2D eigenvalue weighted by molar-refractivity contribution is -0.453. The Hall–Kier alpha value is -1.09.